The fourth-order valence-electron chi connectivity index (χ4n) is 2.31. The summed E-state index contributed by atoms with van der Waals surface area (Å²) in [5.41, 5.74) is 6.20. The van der Waals surface area contributed by atoms with Gasteiger partial charge >= 0.3 is 0 Å². The molecule has 1 fully saturated rings. The maximum atomic E-state index is 13.0. The molecule has 126 valence electrons. The first-order valence-corrected chi connectivity index (χ1v) is 7.91. The van der Waals surface area contributed by atoms with Gasteiger partial charge in [-0.15, -0.1) is 0 Å². The Morgan fingerprint density at radius 2 is 1.96 bits per heavy atom. The molecule has 0 unspecified atom stereocenters. The molecule has 2 N–H and O–H groups in total. The Morgan fingerprint density at radius 3 is 2.58 bits per heavy atom. The summed E-state index contributed by atoms with van der Waals surface area (Å²) in [5, 5.41) is 4.40. The third kappa shape index (κ3) is 3.56. The first-order valence-electron chi connectivity index (χ1n) is 7.53. The number of rotatable bonds is 4. The van der Waals surface area contributed by atoms with Crippen LogP contribution in [0.3, 0.4) is 0 Å². The third-order valence-electron chi connectivity index (χ3n) is 3.79. The predicted molar refractivity (Wildman–Crippen MR) is 85.8 cm³/mol. The van der Waals surface area contributed by atoms with Gasteiger partial charge in [-0.1, -0.05) is 23.7 Å². The highest BCUT2D eigenvalue weighted by molar-refractivity contribution is 6.33. The summed E-state index contributed by atoms with van der Waals surface area (Å²) in [6, 6.07) is 5.94. The zero-order valence-electron chi connectivity index (χ0n) is 13.0. The van der Waals surface area contributed by atoms with Gasteiger partial charge in [-0.25, -0.2) is 9.07 Å². The van der Waals surface area contributed by atoms with Gasteiger partial charge in [0.1, 0.15) is 16.5 Å². The van der Waals surface area contributed by atoms with Crippen LogP contribution in [0.2, 0.25) is 5.15 Å². The van der Waals surface area contributed by atoms with Crippen LogP contribution in [-0.2, 0) is 11.3 Å². The minimum atomic E-state index is -0.517. The minimum Gasteiger partial charge on any atom is -0.273 e. The normalized spacial score (nSPS) is 13.6. The number of nitrogens with zero attached hydrogens (tertiary/aromatic N) is 2. The zero-order valence-corrected chi connectivity index (χ0v) is 13.7. The zero-order chi connectivity index (χ0) is 17.3. The molecule has 0 radical (unpaired) electrons. The van der Waals surface area contributed by atoms with Crippen LogP contribution in [0, 0.1) is 18.7 Å². The summed E-state index contributed by atoms with van der Waals surface area (Å²) in [5.74, 6) is -1.05. The highest BCUT2D eigenvalue weighted by Gasteiger charge is 2.30. The van der Waals surface area contributed by atoms with Gasteiger partial charge in [0, 0.05) is 5.92 Å². The number of aryl methyl sites for hydroxylation is 1. The lowest BCUT2D eigenvalue weighted by Crippen LogP contribution is -2.42. The predicted octanol–water partition coefficient (Wildman–Crippen LogP) is 2.20. The molecule has 1 saturated carbocycles. The van der Waals surface area contributed by atoms with E-state index < -0.39 is 5.91 Å². The van der Waals surface area contributed by atoms with E-state index in [2.05, 4.69) is 16.0 Å². The molecule has 1 aromatic carbocycles. The smallest absolute Gasteiger partial charge is 0.273 e. The standard InChI is InChI=1S/C16H16ClFN4O2/c1-9-13(16(24)20-19-15(23)11-4-5-11)14(17)22(21-9)8-10-2-6-12(18)7-3-10/h2-3,6-7,11H,4-5,8H2,1H3,(H,19,23)(H,20,24). The molecule has 0 saturated heterocycles. The monoisotopic (exact) mass is 350 g/mol. The Balaban J connectivity index is 1.71. The maximum Gasteiger partial charge on any atom is 0.274 e. The van der Waals surface area contributed by atoms with Gasteiger partial charge in [0.25, 0.3) is 5.91 Å². The quantitative estimate of drug-likeness (QED) is 0.830. The molecule has 1 aromatic heterocycles. The summed E-state index contributed by atoms with van der Waals surface area (Å²) in [6.45, 7) is 1.96. The van der Waals surface area contributed by atoms with E-state index in [-0.39, 0.29) is 28.4 Å². The van der Waals surface area contributed by atoms with Crippen molar-refractivity contribution >= 4 is 23.4 Å². The van der Waals surface area contributed by atoms with Gasteiger partial charge in [0.05, 0.1) is 12.2 Å². The number of carbonyl (C=O) groups is 2. The number of carbonyl (C=O) groups excluding carboxylic acids is 2. The highest BCUT2D eigenvalue weighted by Crippen LogP contribution is 2.28. The van der Waals surface area contributed by atoms with Crippen molar-refractivity contribution in [3.8, 4) is 0 Å². The number of benzene rings is 1. The van der Waals surface area contributed by atoms with Crippen molar-refractivity contribution in [2.24, 2.45) is 5.92 Å². The highest BCUT2D eigenvalue weighted by atomic mass is 35.5. The average molecular weight is 351 g/mol. The van der Waals surface area contributed by atoms with Crippen molar-refractivity contribution in [2.45, 2.75) is 26.3 Å². The van der Waals surface area contributed by atoms with Crippen molar-refractivity contribution in [3.05, 3.63) is 52.1 Å². The van der Waals surface area contributed by atoms with Gasteiger partial charge in [0.2, 0.25) is 5.91 Å². The van der Waals surface area contributed by atoms with E-state index >= 15 is 0 Å². The fraction of sp³-hybridized carbons (Fsp3) is 0.312. The number of hydrogen-bond donors (Lipinski definition) is 2. The molecule has 1 aliphatic rings. The molecule has 3 rings (SSSR count). The topological polar surface area (TPSA) is 76.0 Å². The number of halogens is 2. The van der Waals surface area contributed by atoms with E-state index in [9.17, 15) is 14.0 Å². The molecule has 6 nitrogen and oxygen atoms in total. The van der Waals surface area contributed by atoms with Crippen molar-refractivity contribution in [2.75, 3.05) is 0 Å². The fourth-order valence-corrected chi connectivity index (χ4v) is 2.63. The van der Waals surface area contributed by atoms with E-state index in [1.54, 1.807) is 19.1 Å². The van der Waals surface area contributed by atoms with E-state index in [1.807, 2.05) is 0 Å². The number of amides is 2. The number of hydrazine groups is 1. The molecule has 24 heavy (non-hydrogen) atoms. The summed E-state index contributed by atoms with van der Waals surface area (Å²) in [4.78, 5) is 23.8. The largest absolute Gasteiger partial charge is 0.274 e. The maximum absolute atomic E-state index is 13.0. The lowest BCUT2D eigenvalue weighted by molar-refractivity contribution is -0.123. The molecular weight excluding hydrogens is 335 g/mol. The van der Waals surface area contributed by atoms with E-state index in [0.29, 0.717) is 12.2 Å². The first kappa shape index (κ1) is 16.4. The van der Waals surface area contributed by atoms with Crippen LogP contribution >= 0.6 is 11.6 Å². The van der Waals surface area contributed by atoms with E-state index in [0.717, 1.165) is 18.4 Å². The van der Waals surface area contributed by atoms with Crippen LogP contribution < -0.4 is 10.9 Å². The van der Waals surface area contributed by atoms with Gasteiger partial charge < -0.3 is 0 Å². The average Bonchev–Trinajstić information content (AvgIpc) is 3.35. The molecule has 0 spiro atoms. The van der Waals surface area contributed by atoms with Crippen LogP contribution in [0.1, 0.15) is 34.5 Å². The second kappa shape index (κ2) is 6.60. The van der Waals surface area contributed by atoms with Crippen molar-refractivity contribution < 1.29 is 14.0 Å². The molecule has 1 heterocycles. The van der Waals surface area contributed by atoms with Gasteiger partial charge in [0.15, 0.2) is 0 Å². The summed E-state index contributed by atoms with van der Waals surface area (Å²) < 4.78 is 14.4. The summed E-state index contributed by atoms with van der Waals surface area (Å²) in [7, 11) is 0. The SMILES string of the molecule is Cc1nn(Cc2ccc(F)cc2)c(Cl)c1C(=O)NNC(=O)C1CC1. The van der Waals surface area contributed by atoms with Gasteiger partial charge in [-0.2, -0.15) is 5.10 Å². The third-order valence-corrected chi connectivity index (χ3v) is 4.17. The van der Waals surface area contributed by atoms with Crippen LogP contribution in [0.4, 0.5) is 4.39 Å². The van der Waals surface area contributed by atoms with Crippen molar-refractivity contribution in [3.63, 3.8) is 0 Å². The van der Waals surface area contributed by atoms with Crippen LogP contribution in [0.15, 0.2) is 24.3 Å². The van der Waals surface area contributed by atoms with E-state index in [4.69, 9.17) is 11.6 Å². The van der Waals surface area contributed by atoms with Crippen LogP contribution in [0.5, 0.6) is 0 Å². The van der Waals surface area contributed by atoms with Crippen molar-refractivity contribution in [1.29, 1.82) is 0 Å². The second-order valence-electron chi connectivity index (χ2n) is 5.75. The molecule has 2 amide bonds. The number of hydrogen-bond acceptors (Lipinski definition) is 3. The molecule has 0 atom stereocenters. The van der Waals surface area contributed by atoms with Gasteiger partial charge in [-0.05, 0) is 37.5 Å². The van der Waals surface area contributed by atoms with Crippen molar-refractivity contribution in [1.82, 2.24) is 20.6 Å². The minimum absolute atomic E-state index is 0.0110. The van der Waals surface area contributed by atoms with Crippen LogP contribution in [0.25, 0.3) is 0 Å². The Hall–Kier alpha value is -2.41. The van der Waals surface area contributed by atoms with Crippen LogP contribution in [-0.4, -0.2) is 21.6 Å². The molecule has 0 aliphatic heterocycles. The lowest BCUT2D eigenvalue weighted by Gasteiger charge is -2.07. The number of nitrogens with one attached hydrogen (secondary N) is 2. The Bertz CT molecular complexity index is 784. The Kier molecular flexibility index (Phi) is 4.53. The summed E-state index contributed by atoms with van der Waals surface area (Å²) in [6.07, 6.45) is 1.69. The Morgan fingerprint density at radius 1 is 1.29 bits per heavy atom. The van der Waals surface area contributed by atoms with Gasteiger partial charge in [-0.3, -0.25) is 20.4 Å². The molecule has 0 bridgehead atoms. The first-order chi connectivity index (χ1) is 11.5. The number of aromatic nitrogens is 2. The summed E-state index contributed by atoms with van der Waals surface area (Å²) >= 11 is 6.25. The molecule has 1 aliphatic carbocycles. The molecule has 2 aromatic rings. The van der Waals surface area contributed by atoms with E-state index in [1.165, 1.54) is 16.8 Å². The molecule has 8 heteroatoms. The second-order valence-corrected chi connectivity index (χ2v) is 6.11. The lowest BCUT2D eigenvalue weighted by atomic mass is 10.2. The molecular formula is C16H16ClFN4O2. The Labute approximate surface area is 143 Å².